The molecule has 0 heterocycles. The molecular weight excluding hydrogens is 344 g/mol. The van der Waals surface area contributed by atoms with E-state index in [1.807, 2.05) is 60.7 Å². The number of para-hydroxylation sites is 2. The van der Waals surface area contributed by atoms with Crippen molar-refractivity contribution in [2.45, 2.75) is 0 Å². The van der Waals surface area contributed by atoms with Crippen molar-refractivity contribution in [1.29, 1.82) is 5.26 Å². The summed E-state index contributed by atoms with van der Waals surface area (Å²) in [5, 5.41) is 9.58. The molecule has 0 aliphatic rings. The van der Waals surface area contributed by atoms with Crippen molar-refractivity contribution >= 4 is 22.6 Å². The Morgan fingerprint density at radius 3 is 1.64 bits per heavy atom. The van der Waals surface area contributed by atoms with E-state index in [0.717, 1.165) is 22.6 Å². The molecule has 0 amide bonds. The minimum Gasteiger partial charge on any atom is -0.363 e. The van der Waals surface area contributed by atoms with Gasteiger partial charge in [-0.05, 0) is 42.0 Å². The fourth-order valence-electron chi connectivity index (χ4n) is 3.00. The molecule has 0 unspecified atom stereocenters. The molecule has 3 aromatic rings. The van der Waals surface area contributed by atoms with Gasteiger partial charge >= 0.3 is 0 Å². The van der Waals surface area contributed by atoms with Gasteiger partial charge in [-0.2, -0.15) is 5.26 Å². The summed E-state index contributed by atoms with van der Waals surface area (Å²) in [4.78, 5) is 7.33. The zero-order valence-corrected chi connectivity index (χ0v) is 15.9. The Bertz CT molecular complexity index is 998. The summed E-state index contributed by atoms with van der Waals surface area (Å²) < 4.78 is 0. The quantitative estimate of drug-likeness (QED) is 0.422. The highest BCUT2D eigenvalue weighted by Gasteiger charge is 2.14. The molecule has 3 rings (SSSR count). The van der Waals surface area contributed by atoms with Crippen LogP contribution < -0.4 is 4.90 Å². The molecule has 0 aromatic heterocycles. The largest absolute Gasteiger partial charge is 0.363 e. The first-order chi connectivity index (χ1) is 13.7. The number of hydrogen-bond donors (Lipinski definition) is 0. The summed E-state index contributed by atoms with van der Waals surface area (Å²) in [5.41, 5.74) is 4.18. The smallest absolute Gasteiger partial charge is 0.243 e. The van der Waals surface area contributed by atoms with Crippen LogP contribution in [-0.2, 0) is 0 Å². The predicted octanol–water partition coefficient (Wildman–Crippen LogP) is 5.83. The zero-order valence-electron chi connectivity index (χ0n) is 15.9. The van der Waals surface area contributed by atoms with Crippen LogP contribution in [0.4, 0.5) is 17.1 Å². The average Bonchev–Trinajstić information content (AvgIpc) is 2.74. The third-order valence-corrected chi connectivity index (χ3v) is 4.31. The summed E-state index contributed by atoms with van der Waals surface area (Å²) >= 11 is 0. The van der Waals surface area contributed by atoms with Gasteiger partial charge in [-0.25, -0.2) is 0 Å². The van der Waals surface area contributed by atoms with Crippen molar-refractivity contribution < 1.29 is 0 Å². The lowest BCUT2D eigenvalue weighted by Crippen LogP contribution is -2.11. The van der Waals surface area contributed by atoms with Gasteiger partial charge in [0, 0.05) is 17.1 Å². The SMILES string of the molecule is [C-]#[N+]/C(=C(\C#N)c1ccc(N(c2ccccc2)c2ccccc2)cc1)N(C)C. The maximum atomic E-state index is 9.58. The Kier molecular flexibility index (Phi) is 5.75. The first-order valence-electron chi connectivity index (χ1n) is 8.85. The van der Waals surface area contributed by atoms with Crippen LogP contribution in [0.25, 0.3) is 10.4 Å². The van der Waals surface area contributed by atoms with Gasteiger partial charge in [-0.15, -0.1) is 0 Å². The fraction of sp³-hybridized carbons (Fsp3) is 0.0833. The van der Waals surface area contributed by atoms with Crippen LogP contribution in [0.3, 0.4) is 0 Å². The minimum absolute atomic E-state index is 0.332. The van der Waals surface area contributed by atoms with Crippen molar-refractivity contribution in [3.63, 3.8) is 0 Å². The number of rotatable bonds is 5. The average molecular weight is 364 g/mol. The second-order valence-electron chi connectivity index (χ2n) is 6.37. The molecule has 0 saturated heterocycles. The molecule has 4 heteroatoms. The maximum absolute atomic E-state index is 9.58. The number of nitriles is 1. The van der Waals surface area contributed by atoms with Crippen molar-refractivity contribution in [2.75, 3.05) is 19.0 Å². The Morgan fingerprint density at radius 1 is 0.786 bits per heavy atom. The number of allylic oxidation sites excluding steroid dienone is 1. The van der Waals surface area contributed by atoms with Crippen LogP contribution in [0.1, 0.15) is 5.56 Å². The van der Waals surface area contributed by atoms with E-state index in [4.69, 9.17) is 6.57 Å². The van der Waals surface area contributed by atoms with Gasteiger partial charge in [0.1, 0.15) is 0 Å². The molecule has 0 aliphatic heterocycles. The highest BCUT2D eigenvalue weighted by atomic mass is 15.2. The third kappa shape index (κ3) is 3.87. The van der Waals surface area contributed by atoms with E-state index in [1.54, 1.807) is 19.0 Å². The molecule has 4 nitrogen and oxygen atoms in total. The fourth-order valence-corrected chi connectivity index (χ4v) is 3.00. The van der Waals surface area contributed by atoms with Crippen molar-refractivity contribution in [3.05, 3.63) is 108 Å². The van der Waals surface area contributed by atoms with E-state index in [2.05, 4.69) is 40.1 Å². The molecule has 0 radical (unpaired) electrons. The molecule has 28 heavy (non-hydrogen) atoms. The van der Waals surface area contributed by atoms with E-state index >= 15 is 0 Å². The van der Waals surface area contributed by atoms with Crippen molar-refractivity contribution in [2.24, 2.45) is 0 Å². The summed E-state index contributed by atoms with van der Waals surface area (Å²) in [6.45, 7) is 7.37. The molecule has 0 spiro atoms. The van der Waals surface area contributed by atoms with Crippen LogP contribution in [0.5, 0.6) is 0 Å². The third-order valence-electron chi connectivity index (χ3n) is 4.31. The van der Waals surface area contributed by atoms with Gasteiger partial charge in [0.2, 0.25) is 5.82 Å². The Hall–Kier alpha value is -4.02. The molecule has 0 fully saturated rings. The number of anilines is 3. The molecule has 0 saturated carbocycles. The van der Waals surface area contributed by atoms with Gasteiger partial charge < -0.3 is 14.6 Å². The summed E-state index contributed by atoms with van der Waals surface area (Å²) in [7, 11) is 3.54. The highest BCUT2D eigenvalue weighted by Crippen LogP contribution is 2.34. The van der Waals surface area contributed by atoms with E-state index in [-0.39, 0.29) is 0 Å². The standard InChI is InChI=1S/C24H20N4/c1-26-24(27(2)3)23(18-25)19-14-16-22(17-15-19)28(20-10-6-4-7-11-20)21-12-8-5-9-13-21/h4-17H,2-3H3/b24-23-. The van der Waals surface area contributed by atoms with E-state index < -0.39 is 0 Å². The first kappa shape index (κ1) is 18.8. The second kappa shape index (κ2) is 8.58. The summed E-state index contributed by atoms with van der Waals surface area (Å²) in [5.74, 6) is 0.332. The lowest BCUT2D eigenvalue weighted by atomic mass is 10.1. The lowest BCUT2D eigenvalue weighted by molar-refractivity contribution is 0.531. The molecule has 0 aliphatic carbocycles. The van der Waals surface area contributed by atoms with Gasteiger partial charge in [-0.3, -0.25) is 0 Å². The van der Waals surface area contributed by atoms with Crippen LogP contribution in [0, 0.1) is 17.9 Å². The molecule has 0 N–H and O–H groups in total. The minimum atomic E-state index is 0.332. The van der Waals surface area contributed by atoms with Crippen LogP contribution in [0.2, 0.25) is 0 Å². The van der Waals surface area contributed by atoms with Crippen LogP contribution in [0.15, 0.2) is 90.8 Å². The Labute approximate surface area is 166 Å². The molecular formula is C24H20N4. The van der Waals surface area contributed by atoms with Crippen molar-refractivity contribution in [1.82, 2.24) is 4.90 Å². The normalized spacial score (nSPS) is 11.0. The monoisotopic (exact) mass is 364 g/mol. The number of benzene rings is 3. The topological polar surface area (TPSA) is 34.6 Å². The lowest BCUT2D eigenvalue weighted by Gasteiger charge is -2.25. The van der Waals surface area contributed by atoms with E-state index in [1.165, 1.54) is 0 Å². The summed E-state index contributed by atoms with van der Waals surface area (Å²) in [6, 6.07) is 30.2. The van der Waals surface area contributed by atoms with E-state index in [0.29, 0.717) is 11.4 Å². The first-order valence-corrected chi connectivity index (χ1v) is 8.85. The van der Waals surface area contributed by atoms with Gasteiger partial charge in [0.05, 0.1) is 25.7 Å². The molecule has 136 valence electrons. The maximum Gasteiger partial charge on any atom is 0.243 e. The second-order valence-corrected chi connectivity index (χ2v) is 6.37. The molecule has 0 atom stereocenters. The van der Waals surface area contributed by atoms with Gasteiger partial charge in [0.25, 0.3) is 0 Å². The number of hydrogen-bond acceptors (Lipinski definition) is 3. The Morgan fingerprint density at radius 2 is 1.25 bits per heavy atom. The zero-order chi connectivity index (χ0) is 19.9. The van der Waals surface area contributed by atoms with Gasteiger partial charge in [0.15, 0.2) is 0 Å². The highest BCUT2D eigenvalue weighted by molar-refractivity contribution is 5.82. The van der Waals surface area contributed by atoms with Crippen molar-refractivity contribution in [3.8, 4) is 6.07 Å². The molecule has 0 bridgehead atoms. The summed E-state index contributed by atoms with van der Waals surface area (Å²) in [6.07, 6.45) is 0. The predicted molar refractivity (Wildman–Crippen MR) is 114 cm³/mol. The Balaban J connectivity index is 2.07. The van der Waals surface area contributed by atoms with Crippen LogP contribution in [-0.4, -0.2) is 19.0 Å². The number of nitrogens with zero attached hydrogens (tertiary/aromatic N) is 4. The van der Waals surface area contributed by atoms with Gasteiger partial charge in [-0.1, -0.05) is 55.1 Å². The van der Waals surface area contributed by atoms with E-state index in [9.17, 15) is 5.26 Å². The van der Waals surface area contributed by atoms with Crippen LogP contribution >= 0.6 is 0 Å². The molecule has 3 aromatic carbocycles.